The summed E-state index contributed by atoms with van der Waals surface area (Å²) in [5.74, 6) is -1.60. The lowest BCUT2D eigenvalue weighted by Gasteiger charge is -2.46. The molecule has 36 heavy (non-hydrogen) atoms. The van der Waals surface area contributed by atoms with Crippen LogP contribution in [0.5, 0.6) is 0 Å². The maximum absolute atomic E-state index is 12.4. The van der Waals surface area contributed by atoms with Gasteiger partial charge in [-0.1, -0.05) is 37.3 Å². The van der Waals surface area contributed by atoms with Crippen molar-refractivity contribution in [1.29, 1.82) is 0 Å². The minimum Gasteiger partial charge on any atom is -0.472 e. The van der Waals surface area contributed by atoms with E-state index in [-0.39, 0.29) is 13.0 Å². The quantitative estimate of drug-likeness (QED) is 0.198. The number of aliphatic hydroxyl groups excluding tert-OH is 5. The molecule has 10 unspecified atom stereocenters. The van der Waals surface area contributed by atoms with Crippen molar-refractivity contribution in [3.63, 3.8) is 0 Å². The van der Waals surface area contributed by atoms with E-state index in [0.717, 1.165) is 11.8 Å². The largest absolute Gasteiger partial charge is 0.472 e. The number of carbonyl (C=O) groups excluding carboxylic acids is 1. The molecule has 6 N–H and O–H groups in total. The van der Waals surface area contributed by atoms with E-state index in [9.17, 15) is 35.4 Å². The molecule has 1 aromatic rings. The van der Waals surface area contributed by atoms with Crippen LogP contribution in [0.1, 0.15) is 18.9 Å². The molecule has 1 aliphatic carbocycles. The fourth-order valence-corrected chi connectivity index (χ4v) is 5.15. The number of ether oxygens (including phenoxy) is 4. The Morgan fingerprint density at radius 3 is 2.53 bits per heavy atom. The molecule has 1 saturated carbocycles. The van der Waals surface area contributed by atoms with Crippen LogP contribution in [0.2, 0.25) is 0 Å². The SMILES string of the molecule is CC1(COC(=O)C=Cc2ccccc2)CC(O)C2(O)C=COC(OC3OC(CO)C(O)C(O)C3O)C12. The molecule has 11 nitrogen and oxygen atoms in total. The summed E-state index contributed by atoms with van der Waals surface area (Å²) < 4.78 is 22.2. The van der Waals surface area contributed by atoms with Crippen molar-refractivity contribution in [2.24, 2.45) is 11.3 Å². The number of esters is 1. The highest BCUT2D eigenvalue weighted by molar-refractivity contribution is 5.87. The monoisotopic (exact) mass is 508 g/mol. The van der Waals surface area contributed by atoms with Crippen molar-refractivity contribution < 1.29 is 54.4 Å². The lowest BCUT2D eigenvalue weighted by Crippen LogP contribution is -2.61. The number of hydrogen-bond acceptors (Lipinski definition) is 11. The fourth-order valence-electron chi connectivity index (χ4n) is 5.15. The average Bonchev–Trinajstić information content (AvgIpc) is 3.08. The summed E-state index contributed by atoms with van der Waals surface area (Å²) in [6, 6.07) is 9.17. The Morgan fingerprint density at radius 2 is 1.83 bits per heavy atom. The van der Waals surface area contributed by atoms with Gasteiger partial charge in [0, 0.05) is 11.5 Å². The van der Waals surface area contributed by atoms with Crippen LogP contribution >= 0.6 is 0 Å². The third kappa shape index (κ3) is 5.06. The Labute approximate surface area is 207 Å². The predicted molar refractivity (Wildman–Crippen MR) is 122 cm³/mol. The van der Waals surface area contributed by atoms with Gasteiger partial charge < -0.3 is 49.6 Å². The van der Waals surface area contributed by atoms with Gasteiger partial charge in [-0.2, -0.15) is 0 Å². The van der Waals surface area contributed by atoms with Crippen LogP contribution in [0.4, 0.5) is 0 Å². The molecular weight excluding hydrogens is 476 g/mol. The molecule has 10 atom stereocenters. The molecule has 2 heterocycles. The first-order valence-corrected chi connectivity index (χ1v) is 11.7. The topological polar surface area (TPSA) is 175 Å². The summed E-state index contributed by atoms with van der Waals surface area (Å²) in [5, 5.41) is 61.9. The number of rotatable bonds is 7. The summed E-state index contributed by atoms with van der Waals surface area (Å²) in [5.41, 5.74) is -2.03. The molecule has 1 aromatic carbocycles. The molecule has 11 heteroatoms. The van der Waals surface area contributed by atoms with E-state index < -0.39 is 72.6 Å². The van der Waals surface area contributed by atoms with E-state index in [2.05, 4.69) is 0 Å². The van der Waals surface area contributed by atoms with Crippen molar-refractivity contribution in [3.8, 4) is 0 Å². The van der Waals surface area contributed by atoms with Gasteiger partial charge >= 0.3 is 5.97 Å². The lowest BCUT2D eigenvalue weighted by atomic mass is 9.74. The Hall–Kier alpha value is -2.35. The van der Waals surface area contributed by atoms with E-state index in [1.165, 1.54) is 12.2 Å². The number of hydrogen-bond donors (Lipinski definition) is 6. The molecule has 0 spiro atoms. The Balaban J connectivity index is 1.49. The molecule has 4 rings (SSSR count). The molecule has 1 saturated heterocycles. The first kappa shape index (κ1) is 26.7. The van der Waals surface area contributed by atoms with Crippen LogP contribution in [-0.2, 0) is 23.7 Å². The van der Waals surface area contributed by atoms with Gasteiger partial charge in [-0.25, -0.2) is 4.79 Å². The van der Waals surface area contributed by atoms with Crippen LogP contribution in [0.3, 0.4) is 0 Å². The van der Waals surface area contributed by atoms with Crippen LogP contribution in [0, 0.1) is 11.3 Å². The standard InChI is InChI=1S/C25H32O11/c1-24(13-34-17(28)8-7-14-5-3-2-4-6-14)11-16(27)25(32)9-10-33-23(21(24)25)36-22-20(31)19(30)18(29)15(12-26)35-22/h2-10,15-16,18-23,26-27,29-32H,11-13H2,1H3. The maximum Gasteiger partial charge on any atom is 0.330 e. The van der Waals surface area contributed by atoms with Crippen LogP contribution in [0.15, 0.2) is 48.7 Å². The van der Waals surface area contributed by atoms with Gasteiger partial charge in [-0.15, -0.1) is 0 Å². The summed E-state index contributed by atoms with van der Waals surface area (Å²) in [4.78, 5) is 12.4. The van der Waals surface area contributed by atoms with E-state index >= 15 is 0 Å². The van der Waals surface area contributed by atoms with E-state index in [1.807, 2.05) is 30.3 Å². The number of benzene rings is 1. The second-order valence-electron chi connectivity index (χ2n) is 9.73. The zero-order valence-electron chi connectivity index (χ0n) is 19.7. The van der Waals surface area contributed by atoms with Crippen molar-refractivity contribution in [2.75, 3.05) is 13.2 Å². The van der Waals surface area contributed by atoms with Gasteiger partial charge in [-0.3, -0.25) is 0 Å². The molecule has 0 amide bonds. The normalized spacial score (nSPS) is 42.2. The van der Waals surface area contributed by atoms with Gasteiger partial charge in [0.15, 0.2) is 6.29 Å². The Bertz CT molecular complexity index is 966. The second kappa shape index (κ2) is 10.6. The third-order valence-electron chi connectivity index (χ3n) is 7.13. The molecule has 3 aliphatic rings. The second-order valence-corrected chi connectivity index (χ2v) is 9.73. The summed E-state index contributed by atoms with van der Waals surface area (Å²) in [7, 11) is 0. The summed E-state index contributed by atoms with van der Waals surface area (Å²) >= 11 is 0. The van der Waals surface area contributed by atoms with E-state index in [0.29, 0.717) is 0 Å². The van der Waals surface area contributed by atoms with Crippen LogP contribution in [-0.4, -0.2) is 98.5 Å². The molecule has 0 aromatic heterocycles. The fraction of sp³-hybridized carbons (Fsp3) is 0.560. The van der Waals surface area contributed by atoms with Crippen molar-refractivity contribution in [3.05, 3.63) is 54.3 Å². The number of fused-ring (bicyclic) bond motifs is 1. The smallest absolute Gasteiger partial charge is 0.330 e. The van der Waals surface area contributed by atoms with Gasteiger partial charge in [-0.05, 0) is 24.1 Å². The molecule has 0 radical (unpaired) electrons. The average molecular weight is 509 g/mol. The highest BCUT2D eigenvalue weighted by Gasteiger charge is 2.64. The first-order chi connectivity index (χ1) is 17.1. The molecule has 0 bridgehead atoms. The Morgan fingerprint density at radius 1 is 1.11 bits per heavy atom. The van der Waals surface area contributed by atoms with Gasteiger partial charge in [0.25, 0.3) is 0 Å². The minimum absolute atomic E-state index is 0.0338. The number of aliphatic hydroxyl groups is 6. The van der Waals surface area contributed by atoms with Crippen molar-refractivity contribution in [2.45, 2.75) is 62.0 Å². The third-order valence-corrected chi connectivity index (χ3v) is 7.13. The highest BCUT2D eigenvalue weighted by Crippen LogP contribution is 2.54. The molecule has 2 aliphatic heterocycles. The predicted octanol–water partition coefficient (Wildman–Crippen LogP) is -0.952. The highest BCUT2D eigenvalue weighted by atomic mass is 16.8. The molecular formula is C25H32O11. The van der Waals surface area contributed by atoms with Crippen molar-refractivity contribution in [1.82, 2.24) is 0 Å². The zero-order valence-corrected chi connectivity index (χ0v) is 19.7. The molecule has 2 fully saturated rings. The maximum atomic E-state index is 12.4. The van der Waals surface area contributed by atoms with Gasteiger partial charge in [0.2, 0.25) is 6.29 Å². The van der Waals surface area contributed by atoms with Crippen molar-refractivity contribution >= 4 is 12.0 Å². The first-order valence-electron chi connectivity index (χ1n) is 11.7. The van der Waals surface area contributed by atoms with Gasteiger partial charge in [0.05, 0.1) is 31.5 Å². The zero-order chi connectivity index (χ0) is 26.1. The van der Waals surface area contributed by atoms with E-state index in [4.69, 9.17) is 18.9 Å². The number of carbonyl (C=O) groups is 1. The lowest BCUT2D eigenvalue weighted by molar-refractivity contribution is -0.350. The summed E-state index contributed by atoms with van der Waals surface area (Å²) in [6.07, 6.45) is -4.87. The summed E-state index contributed by atoms with van der Waals surface area (Å²) in [6.45, 7) is 0.854. The Kier molecular flexibility index (Phi) is 7.83. The van der Waals surface area contributed by atoms with Crippen LogP contribution in [0.25, 0.3) is 6.08 Å². The minimum atomic E-state index is -1.81. The molecule has 198 valence electrons. The van der Waals surface area contributed by atoms with Crippen LogP contribution < -0.4 is 0 Å². The van der Waals surface area contributed by atoms with E-state index in [1.54, 1.807) is 13.0 Å². The van der Waals surface area contributed by atoms with Gasteiger partial charge in [0.1, 0.15) is 30.0 Å².